The Morgan fingerprint density at radius 1 is 0.300 bits per heavy atom. The fourth-order valence-corrected chi connectivity index (χ4v) is 12.3. The molecule has 0 bridgehead atoms. The highest BCUT2D eigenvalue weighted by molar-refractivity contribution is 7.47. The Bertz CT molecular complexity index is 1750. The van der Waals surface area contributed by atoms with Crippen molar-refractivity contribution in [2.45, 2.75) is 381 Å². The minimum absolute atomic E-state index is 0.105. The summed E-state index contributed by atoms with van der Waals surface area (Å²) in [7, 11) is -9.89. The topological polar surface area (TPSA) is 237 Å². The molecule has 0 saturated heterocycles. The van der Waals surface area contributed by atoms with Crippen LogP contribution in [0.3, 0.4) is 0 Å². The lowest BCUT2D eigenvalue weighted by molar-refractivity contribution is -0.161. The zero-order valence-corrected chi connectivity index (χ0v) is 60.2. The second-order valence-electron chi connectivity index (χ2n) is 26.6. The van der Waals surface area contributed by atoms with Crippen LogP contribution in [0.15, 0.2) is 0 Å². The molecule has 2 unspecified atom stereocenters. The van der Waals surface area contributed by atoms with E-state index in [0.29, 0.717) is 25.7 Å². The number of hydrogen-bond acceptors (Lipinski definition) is 15. The summed E-state index contributed by atoms with van der Waals surface area (Å²) in [5.41, 5.74) is 0. The van der Waals surface area contributed by atoms with Gasteiger partial charge in [0.25, 0.3) is 0 Å². The summed E-state index contributed by atoms with van der Waals surface area (Å²) in [4.78, 5) is 72.3. The van der Waals surface area contributed by atoms with Crippen LogP contribution in [0.1, 0.15) is 363 Å². The molecule has 3 N–H and O–H groups in total. The first-order chi connectivity index (χ1) is 43.4. The number of rotatable bonds is 70. The zero-order valence-electron chi connectivity index (χ0n) is 58.4. The highest BCUT2D eigenvalue weighted by Crippen LogP contribution is 2.45. The van der Waals surface area contributed by atoms with Gasteiger partial charge in [0.15, 0.2) is 12.2 Å². The second kappa shape index (κ2) is 63.1. The SMILES string of the molecule is CCCCCCCCCCCCCCCCC(=O)OC[C@H](COP(=O)(O)OC[C@@H](O)COP(=O)(O)OC[C@@H](COC(=O)CCCCCCC)OC(=O)CCCCCCCCCCCCC(C)C)OC(=O)CCCCCCCCCCCCCCCCCC(C)C. The lowest BCUT2D eigenvalue weighted by atomic mass is 10.0. The third-order valence-corrected chi connectivity index (χ3v) is 18.4. The molecule has 0 aliphatic carbocycles. The largest absolute Gasteiger partial charge is 0.472 e. The van der Waals surface area contributed by atoms with Gasteiger partial charge in [-0.2, -0.15) is 0 Å². The molecule has 0 heterocycles. The molecule has 0 aromatic carbocycles. The first kappa shape index (κ1) is 88.1. The Morgan fingerprint density at radius 2 is 0.511 bits per heavy atom. The molecule has 5 atom stereocenters. The van der Waals surface area contributed by atoms with E-state index in [1.54, 1.807) is 0 Å². The molecule has 0 rings (SSSR count). The molecule has 0 spiro atoms. The van der Waals surface area contributed by atoms with Crippen LogP contribution in [0.25, 0.3) is 0 Å². The van der Waals surface area contributed by atoms with Crippen molar-refractivity contribution in [2.24, 2.45) is 11.8 Å². The molecule has 0 saturated carbocycles. The lowest BCUT2D eigenvalue weighted by Gasteiger charge is -2.21. The minimum Gasteiger partial charge on any atom is -0.462 e. The van der Waals surface area contributed by atoms with Gasteiger partial charge in [0.05, 0.1) is 26.4 Å². The average Bonchev–Trinajstić information content (AvgIpc) is 3.59. The maximum absolute atomic E-state index is 13.0. The fraction of sp³-hybridized carbons (Fsp3) is 0.944. The van der Waals surface area contributed by atoms with Gasteiger partial charge in [0, 0.05) is 25.7 Å². The third-order valence-electron chi connectivity index (χ3n) is 16.5. The molecule has 90 heavy (non-hydrogen) atoms. The van der Waals surface area contributed by atoms with E-state index in [2.05, 4.69) is 41.5 Å². The van der Waals surface area contributed by atoms with E-state index >= 15 is 0 Å². The van der Waals surface area contributed by atoms with Gasteiger partial charge in [-0.3, -0.25) is 37.3 Å². The highest BCUT2D eigenvalue weighted by atomic mass is 31.2. The Balaban J connectivity index is 5.15. The molecule has 534 valence electrons. The van der Waals surface area contributed by atoms with Gasteiger partial charge in [-0.25, -0.2) is 9.13 Å². The molecule has 0 aromatic heterocycles. The van der Waals surface area contributed by atoms with Crippen molar-refractivity contribution in [1.29, 1.82) is 0 Å². The van der Waals surface area contributed by atoms with E-state index in [4.69, 9.17) is 37.0 Å². The van der Waals surface area contributed by atoms with Crippen molar-refractivity contribution in [1.82, 2.24) is 0 Å². The van der Waals surface area contributed by atoms with E-state index in [1.807, 2.05) is 0 Å². The van der Waals surface area contributed by atoms with Gasteiger partial charge in [-0.05, 0) is 37.5 Å². The van der Waals surface area contributed by atoms with Crippen LogP contribution >= 0.6 is 15.6 Å². The second-order valence-corrected chi connectivity index (χ2v) is 29.5. The van der Waals surface area contributed by atoms with Gasteiger partial charge < -0.3 is 33.8 Å². The van der Waals surface area contributed by atoms with Crippen molar-refractivity contribution < 1.29 is 80.2 Å². The van der Waals surface area contributed by atoms with Crippen molar-refractivity contribution >= 4 is 39.5 Å². The van der Waals surface area contributed by atoms with Crippen LogP contribution < -0.4 is 0 Å². The highest BCUT2D eigenvalue weighted by Gasteiger charge is 2.30. The van der Waals surface area contributed by atoms with Crippen LogP contribution in [0, 0.1) is 11.8 Å². The van der Waals surface area contributed by atoms with E-state index in [0.717, 1.165) is 108 Å². The molecular weight excluding hydrogens is 1190 g/mol. The number of ether oxygens (including phenoxy) is 4. The molecule has 19 heteroatoms. The first-order valence-electron chi connectivity index (χ1n) is 37.0. The van der Waals surface area contributed by atoms with Crippen LogP contribution in [-0.2, 0) is 65.4 Å². The number of phosphoric acid groups is 2. The van der Waals surface area contributed by atoms with Crippen LogP contribution in [-0.4, -0.2) is 96.7 Å². The molecule has 0 radical (unpaired) electrons. The molecule has 0 fully saturated rings. The predicted molar refractivity (Wildman–Crippen MR) is 363 cm³/mol. The number of hydrogen-bond donors (Lipinski definition) is 3. The molecule has 0 amide bonds. The summed E-state index contributed by atoms with van der Waals surface area (Å²) in [6.07, 6.45) is 48.9. The van der Waals surface area contributed by atoms with E-state index in [9.17, 15) is 43.2 Å². The first-order valence-corrected chi connectivity index (χ1v) is 40.0. The van der Waals surface area contributed by atoms with Gasteiger partial charge in [0.1, 0.15) is 19.3 Å². The number of unbranched alkanes of at least 4 members (excludes halogenated alkanes) is 40. The Hall–Kier alpha value is -1.94. The normalized spacial score (nSPS) is 14.1. The number of aliphatic hydroxyl groups is 1. The van der Waals surface area contributed by atoms with Gasteiger partial charge >= 0.3 is 39.5 Å². The van der Waals surface area contributed by atoms with Crippen LogP contribution in [0.4, 0.5) is 0 Å². The number of carbonyl (C=O) groups is 4. The molecule has 0 aliphatic heterocycles. The maximum atomic E-state index is 13.0. The van der Waals surface area contributed by atoms with Gasteiger partial charge in [0.2, 0.25) is 0 Å². The lowest BCUT2D eigenvalue weighted by Crippen LogP contribution is -2.30. The molecule has 0 aliphatic rings. The third kappa shape index (κ3) is 64.8. The fourth-order valence-electron chi connectivity index (χ4n) is 10.8. The number of phosphoric ester groups is 2. The smallest absolute Gasteiger partial charge is 0.462 e. The summed E-state index contributed by atoms with van der Waals surface area (Å²) < 4.78 is 68.1. The van der Waals surface area contributed by atoms with Crippen molar-refractivity contribution in [2.75, 3.05) is 39.6 Å². The zero-order chi connectivity index (χ0) is 66.5. The van der Waals surface area contributed by atoms with Crippen molar-refractivity contribution in [3.8, 4) is 0 Å². The quantitative estimate of drug-likeness (QED) is 0.0222. The molecular formula is C71H138O17P2. The summed E-state index contributed by atoms with van der Waals surface area (Å²) in [5, 5.41) is 10.6. The maximum Gasteiger partial charge on any atom is 0.472 e. The van der Waals surface area contributed by atoms with Crippen LogP contribution in [0.5, 0.6) is 0 Å². The Labute approximate surface area is 549 Å². The Kier molecular flexibility index (Phi) is 61.8. The van der Waals surface area contributed by atoms with Crippen molar-refractivity contribution in [3.63, 3.8) is 0 Å². The standard InChI is InChI=1S/C71H138O17P2/c1-7-9-11-13-14-15-16-17-22-25-31-36-42-48-54-69(74)82-60-67(88-71(76)55-49-43-37-32-26-23-20-18-19-21-24-29-34-40-45-51-63(3)4)62-86-90(79,80)84-58-65(72)57-83-89(77,78)85-61-66(59-81-68(73)53-47-39-12-10-8-2)87-70(75)56-50-44-38-33-28-27-30-35-41-46-52-64(5)6/h63-67,72H,7-62H2,1-6H3,(H,77,78)(H,79,80)/t65-,66+,67+/m0/s1. The molecule has 17 nitrogen and oxygen atoms in total. The number of esters is 4. The van der Waals surface area contributed by atoms with Gasteiger partial charge in [-0.15, -0.1) is 0 Å². The minimum atomic E-state index is -4.95. The summed E-state index contributed by atoms with van der Waals surface area (Å²) in [5.74, 6) is -0.578. The van der Waals surface area contributed by atoms with Crippen molar-refractivity contribution in [3.05, 3.63) is 0 Å². The summed E-state index contributed by atoms with van der Waals surface area (Å²) in [6, 6.07) is 0. The Morgan fingerprint density at radius 3 is 0.756 bits per heavy atom. The molecule has 0 aromatic rings. The monoisotopic (exact) mass is 1320 g/mol. The van der Waals surface area contributed by atoms with E-state index < -0.39 is 97.5 Å². The van der Waals surface area contributed by atoms with Gasteiger partial charge in [-0.1, -0.05) is 311 Å². The predicted octanol–water partition coefficient (Wildman–Crippen LogP) is 20.4. The number of aliphatic hydroxyl groups excluding tert-OH is 1. The van der Waals surface area contributed by atoms with E-state index in [1.165, 1.54) is 173 Å². The average molecular weight is 1330 g/mol. The summed E-state index contributed by atoms with van der Waals surface area (Å²) >= 11 is 0. The summed E-state index contributed by atoms with van der Waals surface area (Å²) in [6.45, 7) is 9.49. The van der Waals surface area contributed by atoms with Crippen LogP contribution in [0.2, 0.25) is 0 Å². The number of carbonyl (C=O) groups excluding carboxylic acids is 4. The van der Waals surface area contributed by atoms with E-state index in [-0.39, 0.29) is 25.7 Å².